The second kappa shape index (κ2) is 5.26. The molecule has 1 N–H and O–H groups in total. The van der Waals surface area contributed by atoms with Gasteiger partial charge in [-0.1, -0.05) is 19.1 Å². The lowest BCUT2D eigenvalue weighted by molar-refractivity contribution is -0.0225. The Morgan fingerprint density at radius 3 is 2.81 bits per heavy atom. The maximum atomic E-state index is 12.6. The molecule has 21 heavy (non-hydrogen) atoms. The Balaban J connectivity index is 1.95. The van der Waals surface area contributed by atoms with E-state index in [0.717, 1.165) is 36.8 Å². The molecule has 0 bridgehead atoms. The van der Waals surface area contributed by atoms with E-state index in [-0.39, 0.29) is 5.56 Å². The van der Waals surface area contributed by atoms with Crippen molar-refractivity contribution in [1.82, 2.24) is 9.55 Å². The standard InChI is InChI=1S/C17H22N2O2/c1-12-6-8-17(21,9-7-12)10-19-11-18-15-13(2)4-3-5-14(15)16(19)20/h3-5,11-12,21H,6-10H2,1-2H3. The minimum atomic E-state index is -0.768. The summed E-state index contributed by atoms with van der Waals surface area (Å²) < 4.78 is 1.57. The molecule has 0 radical (unpaired) electrons. The minimum Gasteiger partial charge on any atom is -0.388 e. The van der Waals surface area contributed by atoms with Crippen LogP contribution in [0.15, 0.2) is 29.3 Å². The van der Waals surface area contributed by atoms with E-state index in [4.69, 9.17) is 0 Å². The fourth-order valence-corrected chi connectivity index (χ4v) is 3.22. The van der Waals surface area contributed by atoms with Crippen molar-refractivity contribution in [2.24, 2.45) is 5.92 Å². The Hall–Kier alpha value is -1.68. The molecular weight excluding hydrogens is 264 g/mol. The van der Waals surface area contributed by atoms with Crippen LogP contribution >= 0.6 is 0 Å². The van der Waals surface area contributed by atoms with E-state index in [1.54, 1.807) is 17.0 Å². The second-order valence-corrected chi connectivity index (χ2v) is 6.56. The number of para-hydroxylation sites is 1. The van der Waals surface area contributed by atoms with Crippen LogP contribution in [0.2, 0.25) is 0 Å². The first-order chi connectivity index (χ1) is 9.98. The average Bonchev–Trinajstić information content (AvgIpc) is 2.46. The van der Waals surface area contributed by atoms with Gasteiger partial charge >= 0.3 is 0 Å². The number of hydrogen-bond acceptors (Lipinski definition) is 3. The average molecular weight is 286 g/mol. The number of rotatable bonds is 2. The predicted molar refractivity (Wildman–Crippen MR) is 83.3 cm³/mol. The quantitative estimate of drug-likeness (QED) is 0.923. The zero-order valence-electron chi connectivity index (χ0n) is 12.7. The summed E-state index contributed by atoms with van der Waals surface area (Å²) in [6.45, 7) is 4.51. The van der Waals surface area contributed by atoms with Crippen LogP contribution in [0.25, 0.3) is 10.9 Å². The van der Waals surface area contributed by atoms with Crippen LogP contribution in [-0.2, 0) is 6.54 Å². The SMILES string of the molecule is Cc1cccc2c(=O)n(CC3(O)CCC(C)CC3)cnc12. The number of fused-ring (bicyclic) bond motifs is 1. The molecule has 0 spiro atoms. The maximum absolute atomic E-state index is 12.6. The molecule has 4 nitrogen and oxygen atoms in total. The lowest BCUT2D eigenvalue weighted by Gasteiger charge is -2.35. The first-order valence-corrected chi connectivity index (χ1v) is 7.66. The summed E-state index contributed by atoms with van der Waals surface area (Å²) in [7, 11) is 0. The summed E-state index contributed by atoms with van der Waals surface area (Å²) in [6, 6.07) is 5.64. The zero-order valence-corrected chi connectivity index (χ0v) is 12.7. The summed E-state index contributed by atoms with van der Waals surface area (Å²) >= 11 is 0. The van der Waals surface area contributed by atoms with E-state index < -0.39 is 5.60 Å². The van der Waals surface area contributed by atoms with Gasteiger partial charge in [0.25, 0.3) is 5.56 Å². The van der Waals surface area contributed by atoms with Crippen LogP contribution in [0.5, 0.6) is 0 Å². The highest BCUT2D eigenvalue weighted by molar-refractivity contribution is 5.80. The minimum absolute atomic E-state index is 0.0595. The Bertz CT molecular complexity index is 712. The molecule has 2 aromatic rings. The van der Waals surface area contributed by atoms with E-state index in [0.29, 0.717) is 17.8 Å². The van der Waals surface area contributed by atoms with Crippen LogP contribution < -0.4 is 5.56 Å². The van der Waals surface area contributed by atoms with Gasteiger partial charge in [0, 0.05) is 0 Å². The molecule has 0 atom stereocenters. The van der Waals surface area contributed by atoms with Gasteiger partial charge < -0.3 is 5.11 Å². The molecule has 3 rings (SSSR count). The van der Waals surface area contributed by atoms with E-state index >= 15 is 0 Å². The molecule has 0 amide bonds. The third-order valence-electron chi connectivity index (χ3n) is 4.72. The van der Waals surface area contributed by atoms with Gasteiger partial charge in [-0.25, -0.2) is 4.98 Å². The van der Waals surface area contributed by atoms with Crippen molar-refractivity contribution in [2.45, 2.75) is 51.7 Å². The highest BCUT2D eigenvalue weighted by atomic mass is 16.3. The third-order valence-corrected chi connectivity index (χ3v) is 4.72. The smallest absolute Gasteiger partial charge is 0.261 e. The number of benzene rings is 1. The Kier molecular flexibility index (Phi) is 3.57. The summed E-state index contributed by atoms with van der Waals surface area (Å²) in [6.07, 6.45) is 5.13. The van der Waals surface area contributed by atoms with Gasteiger partial charge in [-0.05, 0) is 50.2 Å². The summed E-state index contributed by atoms with van der Waals surface area (Å²) in [5.41, 5.74) is 0.927. The largest absolute Gasteiger partial charge is 0.388 e. The molecule has 1 aromatic carbocycles. The van der Waals surface area contributed by atoms with E-state index in [9.17, 15) is 9.90 Å². The van der Waals surface area contributed by atoms with Crippen molar-refractivity contribution in [3.63, 3.8) is 0 Å². The molecule has 1 fully saturated rings. The number of hydrogen-bond donors (Lipinski definition) is 1. The monoisotopic (exact) mass is 286 g/mol. The molecule has 0 saturated heterocycles. The molecule has 0 aliphatic heterocycles. The van der Waals surface area contributed by atoms with Crippen molar-refractivity contribution in [3.05, 3.63) is 40.4 Å². The zero-order chi connectivity index (χ0) is 15.0. The fourth-order valence-electron chi connectivity index (χ4n) is 3.22. The van der Waals surface area contributed by atoms with Gasteiger partial charge in [-0.15, -0.1) is 0 Å². The Labute approximate surface area is 124 Å². The van der Waals surface area contributed by atoms with Crippen molar-refractivity contribution in [3.8, 4) is 0 Å². The lowest BCUT2D eigenvalue weighted by Crippen LogP contribution is -2.41. The topological polar surface area (TPSA) is 55.1 Å². The highest BCUT2D eigenvalue weighted by Crippen LogP contribution is 2.32. The van der Waals surface area contributed by atoms with E-state index in [2.05, 4.69) is 11.9 Å². The number of aliphatic hydroxyl groups is 1. The van der Waals surface area contributed by atoms with Crippen LogP contribution in [-0.4, -0.2) is 20.3 Å². The van der Waals surface area contributed by atoms with Crippen LogP contribution in [0.3, 0.4) is 0 Å². The van der Waals surface area contributed by atoms with Crippen molar-refractivity contribution in [1.29, 1.82) is 0 Å². The molecule has 0 unspecified atom stereocenters. The molecule has 1 aromatic heterocycles. The fraction of sp³-hybridized carbons (Fsp3) is 0.529. The number of nitrogens with zero attached hydrogens (tertiary/aromatic N) is 2. The van der Waals surface area contributed by atoms with Crippen molar-refractivity contribution in [2.75, 3.05) is 0 Å². The molecule has 1 saturated carbocycles. The van der Waals surface area contributed by atoms with Gasteiger partial charge in [0.05, 0.1) is 29.4 Å². The van der Waals surface area contributed by atoms with Crippen LogP contribution in [0, 0.1) is 12.8 Å². The predicted octanol–water partition coefficient (Wildman–Crippen LogP) is 2.65. The second-order valence-electron chi connectivity index (χ2n) is 6.56. The molecule has 1 aliphatic rings. The number of aromatic nitrogens is 2. The van der Waals surface area contributed by atoms with E-state index in [1.807, 2.05) is 19.1 Å². The van der Waals surface area contributed by atoms with Crippen LogP contribution in [0.4, 0.5) is 0 Å². The summed E-state index contributed by atoms with van der Waals surface area (Å²) in [5.74, 6) is 0.666. The lowest BCUT2D eigenvalue weighted by atomic mass is 9.79. The highest BCUT2D eigenvalue weighted by Gasteiger charge is 2.32. The Morgan fingerprint density at radius 2 is 2.10 bits per heavy atom. The van der Waals surface area contributed by atoms with Crippen LogP contribution in [0.1, 0.15) is 38.2 Å². The van der Waals surface area contributed by atoms with E-state index in [1.165, 1.54) is 0 Å². The maximum Gasteiger partial charge on any atom is 0.261 e. The third kappa shape index (κ3) is 2.72. The van der Waals surface area contributed by atoms with Gasteiger partial charge in [0.2, 0.25) is 0 Å². The molecular formula is C17H22N2O2. The van der Waals surface area contributed by atoms with Gasteiger partial charge in [0.15, 0.2) is 0 Å². The normalized spacial score (nSPS) is 26.1. The first-order valence-electron chi connectivity index (χ1n) is 7.66. The summed E-state index contributed by atoms with van der Waals surface area (Å²) in [4.78, 5) is 17.0. The molecule has 4 heteroatoms. The summed E-state index contributed by atoms with van der Waals surface area (Å²) in [5, 5.41) is 11.3. The Morgan fingerprint density at radius 1 is 1.38 bits per heavy atom. The molecule has 1 aliphatic carbocycles. The van der Waals surface area contributed by atoms with Crippen molar-refractivity contribution >= 4 is 10.9 Å². The van der Waals surface area contributed by atoms with Crippen molar-refractivity contribution < 1.29 is 5.11 Å². The molecule has 112 valence electrons. The van der Waals surface area contributed by atoms with Gasteiger partial charge in [-0.3, -0.25) is 9.36 Å². The van der Waals surface area contributed by atoms with Gasteiger partial charge in [0.1, 0.15) is 0 Å². The van der Waals surface area contributed by atoms with Gasteiger partial charge in [-0.2, -0.15) is 0 Å². The molecule has 1 heterocycles. The first kappa shape index (κ1) is 14.3. The number of aryl methyl sites for hydroxylation is 1.